The highest BCUT2D eigenvalue weighted by atomic mass is 32.2. The zero-order valence-corrected chi connectivity index (χ0v) is 12.0. The lowest BCUT2D eigenvalue weighted by molar-refractivity contribution is 0.0520. The molecule has 0 aliphatic rings. The van der Waals surface area contributed by atoms with E-state index in [-0.39, 0.29) is 5.97 Å². The van der Waals surface area contributed by atoms with Crippen molar-refractivity contribution in [1.82, 2.24) is 9.55 Å². The summed E-state index contributed by atoms with van der Waals surface area (Å²) in [5, 5.41) is 0. The molecule has 0 amide bonds. The standard InChI is InChI=1S/C13H22N2O2S/c1-3-17-13(16)12-10-15(11-14-12)8-6-4-5-7-9-18-2/h10-11H,3-9H2,1-2H3. The second-order valence-electron chi connectivity index (χ2n) is 4.12. The molecule has 1 aromatic heterocycles. The van der Waals surface area contributed by atoms with E-state index in [1.54, 1.807) is 19.4 Å². The molecule has 0 saturated heterocycles. The van der Waals surface area contributed by atoms with Crippen molar-refractivity contribution in [2.45, 2.75) is 39.2 Å². The summed E-state index contributed by atoms with van der Waals surface area (Å²) in [7, 11) is 0. The molecule has 1 rings (SSSR count). The van der Waals surface area contributed by atoms with Crippen LogP contribution in [0.2, 0.25) is 0 Å². The van der Waals surface area contributed by atoms with Gasteiger partial charge in [-0.05, 0) is 31.8 Å². The zero-order chi connectivity index (χ0) is 13.2. The minimum Gasteiger partial charge on any atom is -0.461 e. The molecule has 0 bridgehead atoms. The van der Waals surface area contributed by atoms with Gasteiger partial charge in [-0.3, -0.25) is 0 Å². The second-order valence-corrected chi connectivity index (χ2v) is 5.11. The Morgan fingerprint density at radius 3 is 2.89 bits per heavy atom. The van der Waals surface area contributed by atoms with Crippen LogP contribution in [0, 0.1) is 0 Å². The van der Waals surface area contributed by atoms with Crippen molar-refractivity contribution < 1.29 is 9.53 Å². The summed E-state index contributed by atoms with van der Waals surface area (Å²) < 4.78 is 6.85. The van der Waals surface area contributed by atoms with Crippen LogP contribution in [-0.4, -0.2) is 34.1 Å². The fraction of sp³-hybridized carbons (Fsp3) is 0.692. The van der Waals surface area contributed by atoms with E-state index in [0.29, 0.717) is 12.3 Å². The van der Waals surface area contributed by atoms with Crippen molar-refractivity contribution in [3.63, 3.8) is 0 Å². The quantitative estimate of drug-likeness (QED) is 0.511. The van der Waals surface area contributed by atoms with Crippen molar-refractivity contribution in [1.29, 1.82) is 0 Å². The molecule has 0 unspecified atom stereocenters. The van der Waals surface area contributed by atoms with Crippen LogP contribution in [0.5, 0.6) is 0 Å². The molecule has 0 radical (unpaired) electrons. The van der Waals surface area contributed by atoms with Crippen molar-refractivity contribution in [3.05, 3.63) is 18.2 Å². The normalized spacial score (nSPS) is 10.6. The zero-order valence-electron chi connectivity index (χ0n) is 11.2. The van der Waals surface area contributed by atoms with Gasteiger partial charge in [0.1, 0.15) is 0 Å². The predicted molar refractivity (Wildman–Crippen MR) is 75.0 cm³/mol. The molecule has 4 nitrogen and oxygen atoms in total. The van der Waals surface area contributed by atoms with Gasteiger partial charge < -0.3 is 9.30 Å². The monoisotopic (exact) mass is 270 g/mol. The Kier molecular flexibility index (Phi) is 7.57. The molecule has 18 heavy (non-hydrogen) atoms. The first-order valence-electron chi connectivity index (χ1n) is 6.45. The van der Waals surface area contributed by atoms with Crippen LogP contribution in [0.4, 0.5) is 0 Å². The van der Waals surface area contributed by atoms with Crippen molar-refractivity contribution in [2.24, 2.45) is 0 Å². The van der Waals surface area contributed by atoms with Crippen molar-refractivity contribution >= 4 is 17.7 Å². The maximum absolute atomic E-state index is 11.4. The number of rotatable bonds is 9. The maximum Gasteiger partial charge on any atom is 0.358 e. The third-order valence-electron chi connectivity index (χ3n) is 2.63. The third-order valence-corrected chi connectivity index (χ3v) is 3.33. The predicted octanol–water partition coefficient (Wildman–Crippen LogP) is 2.98. The maximum atomic E-state index is 11.4. The lowest BCUT2D eigenvalue weighted by atomic mass is 10.2. The Morgan fingerprint density at radius 1 is 1.39 bits per heavy atom. The molecule has 102 valence electrons. The molecule has 0 saturated carbocycles. The molecule has 5 heteroatoms. The average molecular weight is 270 g/mol. The number of esters is 1. The number of unbranched alkanes of at least 4 members (excludes halogenated alkanes) is 3. The molecule has 0 spiro atoms. The van der Waals surface area contributed by atoms with Crippen LogP contribution in [0.1, 0.15) is 43.1 Å². The van der Waals surface area contributed by atoms with Crippen molar-refractivity contribution in [2.75, 3.05) is 18.6 Å². The van der Waals surface area contributed by atoms with Crippen LogP contribution < -0.4 is 0 Å². The third kappa shape index (κ3) is 5.58. The van der Waals surface area contributed by atoms with E-state index in [1.807, 2.05) is 16.3 Å². The highest BCUT2D eigenvalue weighted by Gasteiger charge is 2.09. The molecule has 0 aliphatic heterocycles. The molecule has 0 fully saturated rings. The number of aromatic nitrogens is 2. The van der Waals surface area contributed by atoms with Gasteiger partial charge >= 0.3 is 5.97 Å². The van der Waals surface area contributed by atoms with Crippen LogP contribution in [0.15, 0.2) is 12.5 Å². The fourth-order valence-corrected chi connectivity index (χ4v) is 2.18. The van der Waals surface area contributed by atoms with Gasteiger partial charge in [-0.25, -0.2) is 9.78 Å². The summed E-state index contributed by atoms with van der Waals surface area (Å²) in [5.41, 5.74) is 0.402. The largest absolute Gasteiger partial charge is 0.461 e. The van der Waals surface area contributed by atoms with E-state index in [0.717, 1.165) is 13.0 Å². The van der Waals surface area contributed by atoms with E-state index in [2.05, 4.69) is 11.2 Å². The lowest BCUT2D eigenvalue weighted by Gasteiger charge is -2.02. The number of thioether (sulfide) groups is 1. The molecule has 1 aromatic rings. The van der Waals surface area contributed by atoms with Gasteiger partial charge in [-0.15, -0.1) is 0 Å². The number of aryl methyl sites for hydroxylation is 1. The minimum atomic E-state index is -0.337. The van der Waals surface area contributed by atoms with E-state index in [4.69, 9.17) is 4.74 Å². The Labute approximate surface area is 113 Å². The number of imidazole rings is 1. The molecule has 0 atom stereocenters. The van der Waals surface area contributed by atoms with Gasteiger partial charge in [0.25, 0.3) is 0 Å². The molecule has 0 aromatic carbocycles. The van der Waals surface area contributed by atoms with Gasteiger partial charge in [0.05, 0.1) is 12.9 Å². The van der Waals surface area contributed by atoms with Crippen LogP contribution in [-0.2, 0) is 11.3 Å². The summed E-state index contributed by atoms with van der Waals surface area (Å²) in [6, 6.07) is 0. The number of hydrogen-bond donors (Lipinski definition) is 0. The van der Waals surface area contributed by atoms with E-state index >= 15 is 0 Å². The lowest BCUT2D eigenvalue weighted by Crippen LogP contribution is -2.04. The molecule has 0 aliphatic carbocycles. The topological polar surface area (TPSA) is 44.1 Å². The van der Waals surface area contributed by atoms with Gasteiger partial charge in [-0.1, -0.05) is 12.8 Å². The van der Waals surface area contributed by atoms with Crippen LogP contribution in [0.25, 0.3) is 0 Å². The Morgan fingerprint density at radius 2 is 2.17 bits per heavy atom. The van der Waals surface area contributed by atoms with Gasteiger partial charge in [-0.2, -0.15) is 11.8 Å². The minimum absolute atomic E-state index is 0.337. The van der Waals surface area contributed by atoms with Crippen LogP contribution in [0.3, 0.4) is 0 Å². The second kappa shape index (κ2) is 9.03. The number of carbonyl (C=O) groups is 1. The Bertz CT molecular complexity index is 353. The van der Waals surface area contributed by atoms with E-state index in [9.17, 15) is 4.79 Å². The smallest absolute Gasteiger partial charge is 0.358 e. The van der Waals surface area contributed by atoms with Crippen molar-refractivity contribution in [3.8, 4) is 0 Å². The van der Waals surface area contributed by atoms with E-state index < -0.39 is 0 Å². The summed E-state index contributed by atoms with van der Waals surface area (Å²) in [6.45, 7) is 3.11. The number of nitrogens with zero attached hydrogens (tertiary/aromatic N) is 2. The first kappa shape index (κ1) is 15.1. The SMILES string of the molecule is CCOC(=O)c1cn(CCCCCCSC)cn1. The fourth-order valence-electron chi connectivity index (χ4n) is 1.69. The Hall–Kier alpha value is -0.970. The molecular weight excluding hydrogens is 248 g/mol. The highest BCUT2D eigenvalue weighted by molar-refractivity contribution is 7.98. The molecular formula is C13H22N2O2S. The number of carbonyl (C=O) groups excluding carboxylic acids is 1. The molecule has 1 heterocycles. The van der Waals surface area contributed by atoms with Gasteiger partial charge in [0, 0.05) is 12.7 Å². The summed E-state index contributed by atoms with van der Waals surface area (Å²) in [5.74, 6) is 0.911. The molecule has 0 N–H and O–H groups in total. The summed E-state index contributed by atoms with van der Waals surface area (Å²) >= 11 is 1.90. The average Bonchev–Trinajstić information content (AvgIpc) is 2.83. The number of hydrogen-bond acceptors (Lipinski definition) is 4. The first-order chi connectivity index (χ1) is 8.77. The van der Waals surface area contributed by atoms with Gasteiger partial charge in [0.2, 0.25) is 0 Å². The van der Waals surface area contributed by atoms with Gasteiger partial charge in [0.15, 0.2) is 5.69 Å². The summed E-state index contributed by atoms with van der Waals surface area (Å²) in [6.07, 6.45) is 10.5. The summed E-state index contributed by atoms with van der Waals surface area (Å²) in [4.78, 5) is 15.5. The van der Waals surface area contributed by atoms with E-state index in [1.165, 1.54) is 25.0 Å². The number of ether oxygens (including phenoxy) is 1. The first-order valence-corrected chi connectivity index (χ1v) is 7.85. The Balaban J connectivity index is 2.21. The highest BCUT2D eigenvalue weighted by Crippen LogP contribution is 2.07. The van der Waals surface area contributed by atoms with Crippen LogP contribution >= 0.6 is 11.8 Å².